The molecule has 1 aliphatic carbocycles. The summed E-state index contributed by atoms with van der Waals surface area (Å²) in [6, 6.07) is 6.45. The number of carbonyl (C=O) groups is 4. The lowest BCUT2D eigenvalue weighted by Gasteiger charge is -2.25. The second kappa shape index (κ2) is 6.28. The second-order valence-electron chi connectivity index (χ2n) is 6.49. The van der Waals surface area contributed by atoms with E-state index in [1.807, 2.05) is 13.0 Å². The van der Waals surface area contributed by atoms with Crippen LogP contribution in [0.2, 0.25) is 0 Å². The van der Waals surface area contributed by atoms with Crippen LogP contribution in [-0.4, -0.2) is 40.8 Å². The average molecular weight is 361 g/mol. The molecule has 4 rings (SSSR count). The topological polar surface area (TPSA) is 95.9 Å². The molecule has 0 saturated carbocycles. The number of nitrogens with zero attached hydrogens (tertiary/aromatic N) is 2. The van der Waals surface area contributed by atoms with Crippen molar-refractivity contribution in [3.05, 3.63) is 71.0 Å². The summed E-state index contributed by atoms with van der Waals surface area (Å²) in [4.78, 5) is 53.4. The Hall–Kier alpha value is -3.61. The largest absolute Gasteiger partial charge is 0.325 e. The fourth-order valence-corrected chi connectivity index (χ4v) is 3.35. The van der Waals surface area contributed by atoms with Crippen molar-refractivity contribution < 1.29 is 19.2 Å². The highest BCUT2D eigenvalue weighted by Gasteiger charge is 2.36. The fourth-order valence-electron chi connectivity index (χ4n) is 3.35. The molecule has 27 heavy (non-hydrogen) atoms. The van der Waals surface area contributed by atoms with Crippen LogP contribution < -0.4 is 5.32 Å². The maximum Gasteiger partial charge on any atom is 0.266 e. The third kappa shape index (κ3) is 2.93. The summed E-state index contributed by atoms with van der Waals surface area (Å²) < 4.78 is 0. The van der Waals surface area contributed by atoms with E-state index in [0.29, 0.717) is 11.4 Å². The Morgan fingerprint density at radius 1 is 1.11 bits per heavy atom. The van der Waals surface area contributed by atoms with Gasteiger partial charge < -0.3 is 5.32 Å². The molecule has 0 bridgehead atoms. The Morgan fingerprint density at radius 2 is 1.78 bits per heavy atom. The van der Waals surface area contributed by atoms with Gasteiger partial charge in [-0.1, -0.05) is 23.8 Å². The smallest absolute Gasteiger partial charge is 0.266 e. The van der Waals surface area contributed by atoms with E-state index in [1.165, 1.54) is 6.08 Å². The van der Waals surface area contributed by atoms with E-state index in [9.17, 15) is 19.2 Å². The molecule has 0 saturated heterocycles. The van der Waals surface area contributed by atoms with Gasteiger partial charge in [-0.2, -0.15) is 0 Å². The molecule has 2 heterocycles. The van der Waals surface area contributed by atoms with Gasteiger partial charge >= 0.3 is 0 Å². The summed E-state index contributed by atoms with van der Waals surface area (Å²) >= 11 is 0. The minimum Gasteiger partial charge on any atom is -0.325 e. The molecule has 2 aliphatic heterocycles. The SMILES string of the molecule is CC1=CC(=O)NC2=CC(=NC(=O)CN3C(=O)c4ccccc4C3=O)C=CC12. The molecule has 0 aromatic heterocycles. The second-order valence-corrected chi connectivity index (χ2v) is 6.49. The zero-order valence-electron chi connectivity index (χ0n) is 14.4. The standard InChI is InChI=1S/C20H15N3O4/c1-11-8-17(24)22-16-9-12(6-7-13(11)16)21-18(25)10-23-19(26)14-4-2-3-5-15(14)20(23)27/h2-9,13H,10H2,1H3,(H,22,24). The van der Waals surface area contributed by atoms with Gasteiger partial charge in [0.05, 0.1) is 16.8 Å². The highest BCUT2D eigenvalue weighted by Crippen LogP contribution is 2.26. The van der Waals surface area contributed by atoms with Gasteiger partial charge in [-0.25, -0.2) is 4.99 Å². The Balaban J connectivity index is 1.52. The lowest BCUT2D eigenvalue weighted by molar-refractivity contribution is -0.118. The number of aliphatic imine (C=N–C) groups is 1. The normalized spacial score (nSPS) is 22.3. The molecule has 134 valence electrons. The highest BCUT2D eigenvalue weighted by molar-refractivity contribution is 6.22. The maximum atomic E-state index is 12.3. The van der Waals surface area contributed by atoms with Crippen LogP contribution >= 0.6 is 0 Å². The average Bonchev–Trinajstić information content (AvgIpc) is 2.86. The number of allylic oxidation sites excluding steroid dienone is 3. The van der Waals surface area contributed by atoms with Crippen molar-refractivity contribution in [1.29, 1.82) is 0 Å². The quantitative estimate of drug-likeness (QED) is 0.806. The molecule has 1 unspecified atom stereocenters. The van der Waals surface area contributed by atoms with E-state index >= 15 is 0 Å². The predicted octanol–water partition coefficient (Wildman–Crippen LogP) is 1.40. The molecule has 3 aliphatic rings. The fraction of sp³-hybridized carbons (Fsp3) is 0.150. The van der Waals surface area contributed by atoms with Gasteiger partial charge in [-0.3, -0.25) is 24.1 Å². The third-order valence-corrected chi connectivity index (χ3v) is 4.64. The lowest BCUT2D eigenvalue weighted by Crippen LogP contribution is -2.35. The molecule has 0 spiro atoms. The van der Waals surface area contributed by atoms with Gasteiger partial charge in [0.2, 0.25) is 5.91 Å². The number of imide groups is 1. The maximum absolute atomic E-state index is 12.3. The summed E-state index contributed by atoms with van der Waals surface area (Å²) in [5.41, 5.74) is 2.49. The van der Waals surface area contributed by atoms with E-state index in [4.69, 9.17) is 0 Å². The summed E-state index contributed by atoms with van der Waals surface area (Å²) in [5, 5.41) is 2.73. The zero-order chi connectivity index (χ0) is 19.1. The minimum atomic E-state index is -0.617. The van der Waals surface area contributed by atoms with Crippen molar-refractivity contribution in [2.24, 2.45) is 10.9 Å². The first-order chi connectivity index (χ1) is 12.9. The third-order valence-electron chi connectivity index (χ3n) is 4.64. The Morgan fingerprint density at radius 3 is 2.44 bits per heavy atom. The number of fused-ring (bicyclic) bond motifs is 2. The molecule has 7 heteroatoms. The van der Waals surface area contributed by atoms with E-state index in [-0.39, 0.29) is 23.0 Å². The van der Waals surface area contributed by atoms with Crippen LogP contribution in [0.1, 0.15) is 27.6 Å². The van der Waals surface area contributed by atoms with Crippen LogP contribution in [0.3, 0.4) is 0 Å². The van der Waals surface area contributed by atoms with Gasteiger partial charge in [0, 0.05) is 17.7 Å². The van der Waals surface area contributed by atoms with Gasteiger partial charge in [0.25, 0.3) is 17.7 Å². The Labute approximate surface area is 154 Å². The van der Waals surface area contributed by atoms with Gasteiger partial charge in [-0.05, 0) is 31.2 Å². The first kappa shape index (κ1) is 16.8. The molecular weight excluding hydrogens is 346 g/mol. The molecular formula is C20H15N3O4. The van der Waals surface area contributed by atoms with E-state index in [2.05, 4.69) is 10.3 Å². The Kier molecular flexibility index (Phi) is 3.92. The minimum absolute atomic E-state index is 0.0482. The van der Waals surface area contributed by atoms with Crippen LogP contribution in [0.5, 0.6) is 0 Å². The number of benzene rings is 1. The van der Waals surface area contributed by atoms with E-state index in [0.717, 1.165) is 10.5 Å². The number of nitrogens with one attached hydrogen (secondary N) is 1. The molecule has 1 N–H and O–H groups in total. The van der Waals surface area contributed by atoms with Gasteiger partial charge in [0.1, 0.15) is 6.54 Å². The number of rotatable bonds is 2. The number of hydrogen-bond donors (Lipinski definition) is 1. The molecule has 4 amide bonds. The van der Waals surface area contributed by atoms with Crippen molar-refractivity contribution in [1.82, 2.24) is 10.2 Å². The molecule has 1 atom stereocenters. The van der Waals surface area contributed by atoms with Crippen LogP contribution in [0.15, 0.2) is 64.8 Å². The van der Waals surface area contributed by atoms with Gasteiger partial charge in [0.15, 0.2) is 0 Å². The van der Waals surface area contributed by atoms with Crippen molar-refractivity contribution in [3.63, 3.8) is 0 Å². The van der Waals surface area contributed by atoms with Crippen LogP contribution in [0.4, 0.5) is 0 Å². The van der Waals surface area contributed by atoms with E-state index in [1.54, 1.807) is 36.4 Å². The molecule has 0 fully saturated rings. The monoisotopic (exact) mass is 361 g/mol. The predicted molar refractivity (Wildman–Crippen MR) is 96.9 cm³/mol. The summed E-state index contributed by atoms with van der Waals surface area (Å²) in [6.07, 6.45) is 6.68. The molecule has 1 aromatic rings. The van der Waals surface area contributed by atoms with Crippen molar-refractivity contribution in [3.8, 4) is 0 Å². The van der Waals surface area contributed by atoms with Crippen molar-refractivity contribution >= 4 is 29.3 Å². The Bertz CT molecular complexity index is 994. The number of amides is 4. The van der Waals surface area contributed by atoms with Crippen LogP contribution in [-0.2, 0) is 9.59 Å². The number of hydrogen-bond acceptors (Lipinski definition) is 4. The van der Waals surface area contributed by atoms with E-state index < -0.39 is 24.3 Å². The lowest BCUT2D eigenvalue weighted by atomic mass is 9.89. The first-order valence-corrected chi connectivity index (χ1v) is 8.40. The molecule has 1 aromatic carbocycles. The molecule has 0 radical (unpaired) electrons. The number of carbonyl (C=O) groups excluding carboxylic acids is 4. The molecule has 7 nitrogen and oxygen atoms in total. The highest BCUT2D eigenvalue weighted by atomic mass is 16.2. The van der Waals surface area contributed by atoms with Crippen molar-refractivity contribution in [2.45, 2.75) is 6.92 Å². The van der Waals surface area contributed by atoms with Crippen LogP contribution in [0, 0.1) is 5.92 Å². The van der Waals surface area contributed by atoms with Gasteiger partial charge in [-0.15, -0.1) is 0 Å². The van der Waals surface area contributed by atoms with Crippen molar-refractivity contribution in [2.75, 3.05) is 6.54 Å². The summed E-state index contributed by atoms with van der Waals surface area (Å²) in [5.74, 6) is -1.88. The zero-order valence-corrected chi connectivity index (χ0v) is 14.4. The summed E-state index contributed by atoms with van der Waals surface area (Å²) in [6.45, 7) is 1.43. The summed E-state index contributed by atoms with van der Waals surface area (Å²) in [7, 11) is 0. The van der Waals surface area contributed by atoms with Crippen LogP contribution in [0.25, 0.3) is 0 Å². The first-order valence-electron chi connectivity index (χ1n) is 8.40.